The maximum absolute atomic E-state index is 11.8. The van der Waals surface area contributed by atoms with Gasteiger partial charge in [0, 0.05) is 18.0 Å². The number of hydrogen-bond donors (Lipinski definition) is 1. The molecule has 0 aliphatic carbocycles. The number of rotatable bonds is 6. The van der Waals surface area contributed by atoms with Crippen LogP contribution >= 0.6 is 11.3 Å². The Labute approximate surface area is 96.4 Å². The van der Waals surface area contributed by atoms with E-state index in [4.69, 9.17) is 0 Å². The van der Waals surface area contributed by atoms with Crippen molar-refractivity contribution in [2.24, 2.45) is 0 Å². The number of hydrogen-bond acceptors (Lipinski definition) is 3. The first-order chi connectivity index (χ1) is 7.47. The van der Waals surface area contributed by atoms with Crippen molar-refractivity contribution in [3.63, 3.8) is 0 Å². The zero-order valence-electron chi connectivity index (χ0n) is 8.88. The predicted molar refractivity (Wildman–Crippen MR) is 57.5 cm³/mol. The Hall–Kier alpha value is -0.590. The van der Waals surface area contributed by atoms with Crippen LogP contribution in [-0.4, -0.2) is 25.4 Å². The van der Waals surface area contributed by atoms with E-state index in [2.05, 4.69) is 10.1 Å². The van der Waals surface area contributed by atoms with Crippen LogP contribution in [0.1, 0.15) is 11.8 Å². The molecule has 1 aromatic rings. The summed E-state index contributed by atoms with van der Waals surface area (Å²) in [6.45, 7) is 1.51. The Morgan fingerprint density at radius 1 is 1.50 bits per heavy atom. The monoisotopic (exact) mass is 253 g/mol. The highest BCUT2D eigenvalue weighted by molar-refractivity contribution is 7.09. The topological polar surface area (TPSA) is 21.3 Å². The molecule has 1 N–H and O–H groups in total. The lowest BCUT2D eigenvalue weighted by molar-refractivity contribution is -0.183. The van der Waals surface area contributed by atoms with Crippen LogP contribution in [0.2, 0.25) is 0 Å². The highest BCUT2D eigenvalue weighted by Crippen LogP contribution is 2.15. The minimum atomic E-state index is -4.25. The second kappa shape index (κ2) is 6.22. The van der Waals surface area contributed by atoms with Crippen LogP contribution in [0.15, 0.2) is 17.5 Å². The first-order valence-electron chi connectivity index (χ1n) is 4.89. The molecule has 1 heterocycles. The van der Waals surface area contributed by atoms with E-state index in [1.165, 1.54) is 0 Å². The van der Waals surface area contributed by atoms with Gasteiger partial charge >= 0.3 is 6.18 Å². The van der Waals surface area contributed by atoms with E-state index in [9.17, 15) is 13.2 Å². The Morgan fingerprint density at radius 3 is 2.81 bits per heavy atom. The third-order valence-corrected chi connectivity index (χ3v) is 2.72. The number of nitrogens with one attached hydrogen (secondary N) is 1. The van der Waals surface area contributed by atoms with Gasteiger partial charge in [0.05, 0.1) is 6.10 Å². The lowest BCUT2D eigenvalue weighted by Crippen LogP contribution is -2.29. The van der Waals surface area contributed by atoms with Crippen molar-refractivity contribution in [3.05, 3.63) is 22.4 Å². The molecule has 0 aromatic carbocycles. The summed E-state index contributed by atoms with van der Waals surface area (Å²) in [6.07, 6.45) is -4.69. The van der Waals surface area contributed by atoms with Gasteiger partial charge in [-0.1, -0.05) is 6.07 Å². The summed E-state index contributed by atoms with van der Waals surface area (Å²) < 4.78 is 40.1. The van der Waals surface area contributed by atoms with E-state index in [0.717, 1.165) is 4.88 Å². The summed E-state index contributed by atoms with van der Waals surface area (Å²) in [5.41, 5.74) is 0. The molecule has 0 bridgehead atoms. The molecule has 0 saturated heterocycles. The average Bonchev–Trinajstić information content (AvgIpc) is 2.66. The molecule has 16 heavy (non-hydrogen) atoms. The molecule has 0 aliphatic heterocycles. The SMILES string of the molecule is CC(CNCc1cccs1)OCC(F)(F)F. The molecular formula is C10H14F3NOS. The van der Waals surface area contributed by atoms with Crippen molar-refractivity contribution in [1.29, 1.82) is 0 Å². The highest BCUT2D eigenvalue weighted by Gasteiger charge is 2.28. The molecular weight excluding hydrogens is 239 g/mol. The molecule has 0 spiro atoms. The lowest BCUT2D eigenvalue weighted by atomic mass is 10.4. The molecule has 1 aromatic heterocycles. The summed E-state index contributed by atoms with van der Waals surface area (Å²) in [5, 5.41) is 5.00. The number of alkyl halides is 3. The van der Waals surface area contributed by atoms with Gasteiger partial charge in [0.1, 0.15) is 6.61 Å². The molecule has 0 amide bonds. The van der Waals surface area contributed by atoms with Gasteiger partial charge in [0.2, 0.25) is 0 Å². The standard InChI is InChI=1S/C10H14F3NOS/c1-8(15-7-10(11,12)13)5-14-6-9-3-2-4-16-9/h2-4,8,14H,5-7H2,1H3. The van der Waals surface area contributed by atoms with Gasteiger partial charge in [-0.2, -0.15) is 13.2 Å². The smallest absolute Gasteiger partial charge is 0.368 e. The first kappa shape index (κ1) is 13.5. The van der Waals surface area contributed by atoms with Crippen molar-refractivity contribution in [2.75, 3.05) is 13.2 Å². The molecule has 1 rings (SSSR count). The lowest BCUT2D eigenvalue weighted by Gasteiger charge is -2.15. The van der Waals surface area contributed by atoms with Crippen molar-refractivity contribution in [2.45, 2.75) is 25.7 Å². The van der Waals surface area contributed by atoms with E-state index in [1.807, 2.05) is 17.5 Å². The summed E-state index contributed by atoms with van der Waals surface area (Å²) in [7, 11) is 0. The van der Waals surface area contributed by atoms with E-state index in [-0.39, 0.29) is 0 Å². The van der Waals surface area contributed by atoms with Crippen molar-refractivity contribution < 1.29 is 17.9 Å². The van der Waals surface area contributed by atoms with Crippen molar-refractivity contribution in [3.8, 4) is 0 Å². The Kier molecular flexibility index (Phi) is 5.24. The number of ether oxygens (including phenoxy) is 1. The predicted octanol–water partition coefficient (Wildman–Crippen LogP) is 2.81. The Bertz CT molecular complexity index is 287. The Morgan fingerprint density at radius 2 is 2.25 bits per heavy atom. The Balaban J connectivity index is 2.09. The summed E-state index contributed by atoms with van der Waals surface area (Å²) >= 11 is 1.61. The van der Waals surface area contributed by atoms with Crippen LogP contribution in [0.25, 0.3) is 0 Å². The van der Waals surface area contributed by atoms with E-state index >= 15 is 0 Å². The van der Waals surface area contributed by atoms with E-state index < -0.39 is 18.9 Å². The van der Waals surface area contributed by atoms with Crippen LogP contribution in [0.4, 0.5) is 13.2 Å². The van der Waals surface area contributed by atoms with Gasteiger partial charge in [-0.25, -0.2) is 0 Å². The van der Waals surface area contributed by atoms with Crippen LogP contribution < -0.4 is 5.32 Å². The number of halogens is 3. The second-order valence-corrected chi connectivity index (χ2v) is 4.48. The number of thiophene rings is 1. The van der Waals surface area contributed by atoms with E-state index in [0.29, 0.717) is 13.1 Å². The normalized spacial score (nSPS) is 14.0. The summed E-state index contributed by atoms with van der Waals surface area (Å²) in [5.74, 6) is 0. The molecule has 1 unspecified atom stereocenters. The average molecular weight is 253 g/mol. The quantitative estimate of drug-likeness (QED) is 0.841. The van der Waals surface area contributed by atoms with Gasteiger partial charge in [-0.3, -0.25) is 0 Å². The fourth-order valence-electron chi connectivity index (χ4n) is 1.11. The minimum absolute atomic E-state index is 0.411. The molecule has 2 nitrogen and oxygen atoms in total. The largest absolute Gasteiger partial charge is 0.411 e. The van der Waals surface area contributed by atoms with Gasteiger partial charge < -0.3 is 10.1 Å². The molecule has 0 radical (unpaired) electrons. The summed E-state index contributed by atoms with van der Waals surface area (Å²) in [6, 6.07) is 3.91. The third-order valence-electron chi connectivity index (χ3n) is 1.84. The maximum Gasteiger partial charge on any atom is 0.411 e. The molecule has 0 aliphatic rings. The van der Waals surface area contributed by atoms with Gasteiger partial charge in [0.25, 0.3) is 0 Å². The molecule has 92 valence electrons. The van der Waals surface area contributed by atoms with Crippen LogP contribution in [-0.2, 0) is 11.3 Å². The van der Waals surface area contributed by atoms with Crippen LogP contribution in [0.3, 0.4) is 0 Å². The van der Waals surface area contributed by atoms with Gasteiger partial charge in [-0.05, 0) is 18.4 Å². The minimum Gasteiger partial charge on any atom is -0.368 e. The van der Waals surface area contributed by atoms with Crippen molar-refractivity contribution >= 4 is 11.3 Å². The van der Waals surface area contributed by atoms with Crippen LogP contribution in [0, 0.1) is 0 Å². The van der Waals surface area contributed by atoms with Gasteiger partial charge in [0.15, 0.2) is 0 Å². The molecule has 1 atom stereocenters. The fourth-order valence-corrected chi connectivity index (χ4v) is 1.78. The maximum atomic E-state index is 11.8. The zero-order chi connectivity index (χ0) is 12.0. The van der Waals surface area contributed by atoms with Gasteiger partial charge in [-0.15, -0.1) is 11.3 Å². The second-order valence-electron chi connectivity index (χ2n) is 3.45. The zero-order valence-corrected chi connectivity index (χ0v) is 9.70. The van der Waals surface area contributed by atoms with Crippen LogP contribution in [0.5, 0.6) is 0 Å². The molecule has 6 heteroatoms. The van der Waals surface area contributed by atoms with Crippen molar-refractivity contribution in [1.82, 2.24) is 5.32 Å². The summed E-state index contributed by atoms with van der Waals surface area (Å²) in [4.78, 5) is 1.16. The third kappa shape index (κ3) is 6.09. The fraction of sp³-hybridized carbons (Fsp3) is 0.600. The highest BCUT2D eigenvalue weighted by atomic mass is 32.1. The molecule has 0 fully saturated rings. The van der Waals surface area contributed by atoms with E-state index in [1.54, 1.807) is 18.3 Å². The molecule has 0 saturated carbocycles. The first-order valence-corrected chi connectivity index (χ1v) is 5.77.